The van der Waals surface area contributed by atoms with Crippen LogP contribution in [0.4, 0.5) is 5.69 Å². The first kappa shape index (κ1) is 16.0. The average Bonchev–Trinajstić information content (AvgIpc) is 2.56. The fourth-order valence-electron chi connectivity index (χ4n) is 3.63. The van der Waals surface area contributed by atoms with Crippen LogP contribution in [0.15, 0.2) is 42.5 Å². The third-order valence-electron chi connectivity index (χ3n) is 4.77. The number of rotatable bonds is 4. The van der Waals surface area contributed by atoms with Crippen LogP contribution in [0.1, 0.15) is 26.7 Å². The Hall–Kier alpha value is -1.87. The molecule has 1 atom stereocenters. The molecule has 3 rings (SSSR count). The lowest BCUT2D eigenvalue weighted by Crippen LogP contribution is -2.44. The number of anilines is 1. The van der Waals surface area contributed by atoms with Crippen molar-refractivity contribution in [3.05, 3.63) is 42.5 Å². The summed E-state index contributed by atoms with van der Waals surface area (Å²) in [4.78, 5) is 17.1. The van der Waals surface area contributed by atoms with Crippen molar-refractivity contribution in [1.29, 1.82) is 0 Å². The minimum atomic E-state index is 0.206. The van der Waals surface area contributed by atoms with Gasteiger partial charge in [-0.3, -0.25) is 9.69 Å². The number of fused-ring (bicyclic) bond motifs is 1. The number of hydrogen-bond donors (Lipinski definition) is 0. The van der Waals surface area contributed by atoms with Crippen LogP contribution in [0.2, 0.25) is 0 Å². The fourth-order valence-corrected chi connectivity index (χ4v) is 3.63. The second-order valence-corrected chi connectivity index (χ2v) is 6.62. The van der Waals surface area contributed by atoms with Crippen LogP contribution >= 0.6 is 0 Å². The summed E-state index contributed by atoms with van der Waals surface area (Å²) in [6, 6.07) is 14.5. The van der Waals surface area contributed by atoms with Gasteiger partial charge in [0.05, 0.1) is 12.2 Å². The summed E-state index contributed by atoms with van der Waals surface area (Å²) in [6.45, 7) is 7.65. The molecule has 1 aliphatic rings. The van der Waals surface area contributed by atoms with Crippen molar-refractivity contribution in [3.8, 4) is 0 Å². The normalized spacial score (nSPS) is 19.0. The first-order valence-corrected chi connectivity index (χ1v) is 8.69. The maximum absolute atomic E-state index is 12.9. The molecule has 0 aromatic heterocycles. The van der Waals surface area contributed by atoms with E-state index in [9.17, 15) is 4.79 Å². The van der Waals surface area contributed by atoms with Gasteiger partial charge in [-0.15, -0.1) is 0 Å². The lowest BCUT2D eigenvalue weighted by Gasteiger charge is -2.32. The molecular formula is C20H26N2O. The molecule has 122 valence electrons. The smallest absolute Gasteiger partial charge is 0.241 e. The third kappa shape index (κ3) is 3.56. The Bertz CT molecular complexity index is 677. The van der Waals surface area contributed by atoms with Gasteiger partial charge >= 0.3 is 0 Å². The van der Waals surface area contributed by atoms with Gasteiger partial charge in [0.2, 0.25) is 5.91 Å². The molecule has 1 amide bonds. The lowest BCUT2D eigenvalue weighted by molar-refractivity contribution is -0.120. The van der Waals surface area contributed by atoms with E-state index in [0.29, 0.717) is 19.0 Å². The molecule has 1 heterocycles. The number of piperidine rings is 1. The lowest BCUT2D eigenvalue weighted by atomic mass is 10.0. The molecule has 2 aromatic rings. The van der Waals surface area contributed by atoms with E-state index in [1.165, 1.54) is 18.2 Å². The zero-order valence-corrected chi connectivity index (χ0v) is 14.2. The molecule has 2 aromatic carbocycles. The third-order valence-corrected chi connectivity index (χ3v) is 4.77. The van der Waals surface area contributed by atoms with Gasteiger partial charge in [0.15, 0.2) is 0 Å². The molecular weight excluding hydrogens is 284 g/mol. The number of carbonyl (C=O) groups excluding carboxylic acids is 1. The van der Waals surface area contributed by atoms with Crippen molar-refractivity contribution < 1.29 is 4.79 Å². The highest BCUT2D eigenvalue weighted by Crippen LogP contribution is 2.27. The zero-order valence-electron chi connectivity index (χ0n) is 14.2. The van der Waals surface area contributed by atoms with Gasteiger partial charge in [0, 0.05) is 18.5 Å². The standard InChI is InChI=1S/C20H26N2O/c1-3-22(20(23)15-21-13-7-8-16(2)14-21)19-12-6-10-17-9-4-5-11-18(17)19/h4-6,9-12,16H,3,7-8,13-15H2,1-2H3. The van der Waals surface area contributed by atoms with Crippen molar-refractivity contribution in [2.45, 2.75) is 26.7 Å². The number of hydrogen-bond acceptors (Lipinski definition) is 2. The molecule has 0 spiro atoms. The molecule has 3 heteroatoms. The summed E-state index contributed by atoms with van der Waals surface area (Å²) in [7, 11) is 0. The van der Waals surface area contributed by atoms with E-state index in [0.717, 1.165) is 24.2 Å². The highest BCUT2D eigenvalue weighted by Gasteiger charge is 2.22. The molecule has 1 aliphatic heterocycles. The maximum atomic E-state index is 12.9. The second-order valence-electron chi connectivity index (χ2n) is 6.62. The van der Waals surface area contributed by atoms with Gasteiger partial charge in [-0.05, 0) is 43.7 Å². The first-order valence-electron chi connectivity index (χ1n) is 8.69. The van der Waals surface area contributed by atoms with E-state index in [1.807, 2.05) is 23.1 Å². The Balaban J connectivity index is 1.82. The Morgan fingerprint density at radius 3 is 2.78 bits per heavy atom. The van der Waals surface area contributed by atoms with Crippen LogP contribution in [0.3, 0.4) is 0 Å². The van der Waals surface area contributed by atoms with Gasteiger partial charge in [-0.1, -0.05) is 43.3 Å². The number of benzene rings is 2. The summed E-state index contributed by atoms with van der Waals surface area (Å²) < 4.78 is 0. The Morgan fingerprint density at radius 2 is 2.00 bits per heavy atom. The van der Waals surface area contributed by atoms with Crippen LogP contribution in [-0.4, -0.2) is 37.0 Å². The molecule has 0 aliphatic carbocycles. The Morgan fingerprint density at radius 1 is 1.22 bits per heavy atom. The minimum Gasteiger partial charge on any atom is -0.311 e. The topological polar surface area (TPSA) is 23.6 Å². The van der Waals surface area contributed by atoms with Crippen molar-refractivity contribution in [3.63, 3.8) is 0 Å². The highest BCUT2D eigenvalue weighted by atomic mass is 16.2. The van der Waals surface area contributed by atoms with Crippen molar-refractivity contribution in [2.75, 3.05) is 31.1 Å². The monoisotopic (exact) mass is 310 g/mol. The molecule has 1 fully saturated rings. The van der Waals surface area contributed by atoms with E-state index in [-0.39, 0.29) is 5.91 Å². The van der Waals surface area contributed by atoms with Crippen molar-refractivity contribution in [2.24, 2.45) is 5.92 Å². The summed E-state index contributed by atoms with van der Waals surface area (Å²) in [5, 5.41) is 2.33. The van der Waals surface area contributed by atoms with E-state index >= 15 is 0 Å². The fraction of sp³-hybridized carbons (Fsp3) is 0.450. The van der Waals surface area contributed by atoms with Crippen LogP contribution in [-0.2, 0) is 4.79 Å². The maximum Gasteiger partial charge on any atom is 0.241 e. The number of likely N-dealkylation sites (tertiary alicyclic amines) is 1. The van der Waals surface area contributed by atoms with Crippen LogP contribution in [0.25, 0.3) is 10.8 Å². The molecule has 0 bridgehead atoms. The van der Waals surface area contributed by atoms with Gasteiger partial charge in [0.25, 0.3) is 0 Å². The zero-order chi connectivity index (χ0) is 16.2. The average molecular weight is 310 g/mol. The molecule has 3 nitrogen and oxygen atoms in total. The molecule has 0 saturated carbocycles. The van der Waals surface area contributed by atoms with Crippen LogP contribution < -0.4 is 4.90 Å². The number of likely N-dealkylation sites (N-methyl/N-ethyl adjacent to an activating group) is 1. The predicted molar refractivity (Wildman–Crippen MR) is 96.8 cm³/mol. The molecule has 0 radical (unpaired) electrons. The second kappa shape index (κ2) is 7.14. The first-order chi connectivity index (χ1) is 11.2. The van der Waals surface area contributed by atoms with Gasteiger partial charge in [0.1, 0.15) is 0 Å². The largest absolute Gasteiger partial charge is 0.311 e. The van der Waals surface area contributed by atoms with E-state index < -0.39 is 0 Å². The van der Waals surface area contributed by atoms with Crippen molar-refractivity contribution in [1.82, 2.24) is 4.90 Å². The van der Waals surface area contributed by atoms with E-state index in [4.69, 9.17) is 0 Å². The van der Waals surface area contributed by atoms with Gasteiger partial charge in [-0.2, -0.15) is 0 Å². The summed E-state index contributed by atoms with van der Waals surface area (Å²) >= 11 is 0. The quantitative estimate of drug-likeness (QED) is 0.854. The number of carbonyl (C=O) groups is 1. The molecule has 0 N–H and O–H groups in total. The number of nitrogens with zero attached hydrogens (tertiary/aromatic N) is 2. The Kier molecular flexibility index (Phi) is 4.97. The molecule has 1 unspecified atom stereocenters. The van der Waals surface area contributed by atoms with E-state index in [2.05, 4.69) is 43.0 Å². The van der Waals surface area contributed by atoms with Gasteiger partial charge in [-0.25, -0.2) is 0 Å². The Labute approximate surface area is 138 Å². The minimum absolute atomic E-state index is 0.206. The summed E-state index contributed by atoms with van der Waals surface area (Å²) in [6.07, 6.45) is 2.49. The highest BCUT2D eigenvalue weighted by molar-refractivity contribution is 6.04. The molecule has 1 saturated heterocycles. The van der Waals surface area contributed by atoms with Crippen molar-refractivity contribution >= 4 is 22.4 Å². The van der Waals surface area contributed by atoms with E-state index in [1.54, 1.807) is 0 Å². The molecule has 23 heavy (non-hydrogen) atoms. The van der Waals surface area contributed by atoms with Gasteiger partial charge < -0.3 is 4.90 Å². The van der Waals surface area contributed by atoms with Crippen LogP contribution in [0, 0.1) is 5.92 Å². The SMILES string of the molecule is CCN(C(=O)CN1CCCC(C)C1)c1cccc2ccccc12. The predicted octanol–water partition coefficient (Wildman–Crippen LogP) is 3.92. The summed E-state index contributed by atoms with van der Waals surface area (Å²) in [5.41, 5.74) is 1.03. The van der Waals surface area contributed by atoms with Crippen LogP contribution in [0.5, 0.6) is 0 Å². The summed E-state index contributed by atoms with van der Waals surface area (Å²) in [5.74, 6) is 0.905. The number of amides is 1.